The fourth-order valence-electron chi connectivity index (χ4n) is 2.25. The van der Waals surface area contributed by atoms with Gasteiger partial charge in [0.1, 0.15) is 13.2 Å². The molecule has 4 heteroatoms. The van der Waals surface area contributed by atoms with E-state index in [2.05, 4.69) is 11.8 Å². The minimum atomic E-state index is 0.194. The van der Waals surface area contributed by atoms with Gasteiger partial charge in [0.2, 0.25) is 0 Å². The van der Waals surface area contributed by atoms with Crippen LogP contribution in [0.2, 0.25) is 0 Å². The van der Waals surface area contributed by atoms with Crippen LogP contribution in [0.4, 0.5) is 0 Å². The molecule has 0 unspecified atom stereocenters. The molecule has 2 aromatic rings. The Kier molecular flexibility index (Phi) is 7.04. The van der Waals surface area contributed by atoms with Gasteiger partial charge in [-0.3, -0.25) is 0 Å². The quantitative estimate of drug-likeness (QED) is 0.536. The first kappa shape index (κ1) is 18.8. The van der Waals surface area contributed by atoms with Crippen LogP contribution in [0.5, 0.6) is 23.0 Å². The smallest absolute Gasteiger partial charge is 0.162 e. The SMILES string of the molecule is C#CCOc1ccc(/C=C\c2ccc(OCC#C)c(OC)c2)cc1OC. The summed E-state index contributed by atoms with van der Waals surface area (Å²) in [5, 5.41) is 0. The monoisotopic (exact) mass is 348 g/mol. The lowest BCUT2D eigenvalue weighted by molar-refractivity contribution is 0.331. The van der Waals surface area contributed by atoms with Crippen LogP contribution >= 0.6 is 0 Å². The first-order chi connectivity index (χ1) is 12.7. The lowest BCUT2D eigenvalue weighted by Crippen LogP contribution is -1.97. The molecule has 0 saturated heterocycles. The van der Waals surface area contributed by atoms with Crippen LogP contribution in [0.15, 0.2) is 36.4 Å². The van der Waals surface area contributed by atoms with Crippen molar-refractivity contribution in [1.82, 2.24) is 0 Å². The summed E-state index contributed by atoms with van der Waals surface area (Å²) in [4.78, 5) is 0. The third-order valence-corrected chi connectivity index (χ3v) is 3.47. The molecule has 2 rings (SSSR count). The summed E-state index contributed by atoms with van der Waals surface area (Å²) in [6, 6.07) is 11.3. The zero-order valence-electron chi connectivity index (χ0n) is 14.8. The minimum Gasteiger partial charge on any atom is -0.493 e. The van der Waals surface area contributed by atoms with E-state index in [1.54, 1.807) is 14.2 Å². The van der Waals surface area contributed by atoms with Crippen LogP contribution in [0.1, 0.15) is 11.1 Å². The molecule has 132 valence electrons. The fraction of sp³-hybridized carbons (Fsp3) is 0.182. The number of methoxy groups -OCH3 is 2. The lowest BCUT2D eigenvalue weighted by atomic mass is 10.1. The third kappa shape index (κ3) is 5.00. The second-order valence-corrected chi connectivity index (χ2v) is 5.14. The number of ether oxygens (including phenoxy) is 4. The van der Waals surface area contributed by atoms with Gasteiger partial charge in [0, 0.05) is 0 Å². The van der Waals surface area contributed by atoms with Crippen LogP contribution in [0.3, 0.4) is 0 Å². The fourth-order valence-corrected chi connectivity index (χ4v) is 2.25. The highest BCUT2D eigenvalue weighted by Gasteiger charge is 2.06. The second-order valence-electron chi connectivity index (χ2n) is 5.14. The van der Waals surface area contributed by atoms with Gasteiger partial charge >= 0.3 is 0 Å². The molecular formula is C22H20O4. The van der Waals surface area contributed by atoms with Crippen molar-refractivity contribution in [3.63, 3.8) is 0 Å². The molecule has 0 radical (unpaired) electrons. The topological polar surface area (TPSA) is 36.9 Å². The summed E-state index contributed by atoms with van der Waals surface area (Å²) in [7, 11) is 3.18. The van der Waals surface area contributed by atoms with Gasteiger partial charge in [-0.05, 0) is 35.4 Å². The number of benzene rings is 2. The van der Waals surface area contributed by atoms with Gasteiger partial charge in [-0.2, -0.15) is 0 Å². The Morgan fingerprint density at radius 1 is 0.731 bits per heavy atom. The molecule has 26 heavy (non-hydrogen) atoms. The molecule has 2 aromatic carbocycles. The Bertz CT molecular complexity index is 782. The zero-order chi connectivity index (χ0) is 18.8. The average molecular weight is 348 g/mol. The van der Waals surface area contributed by atoms with Crippen molar-refractivity contribution >= 4 is 12.2 Å². The summed E-state index contributed by atoms with van der Waals surface area (Å²) in [6.45, 7) is 0.388. The van der Waals surface area contributed by atoms with Crippen molar-refractivity contribution in [2.75, 3.05) is 27.4 Å². The Morgan fingerprint density at radius 3 is 1.50 bits per heavy atom. The molecule has 0 fully saturated rings. The number of hydrogen-bond acceptors (Lipinski definition) is 4. The van der Waals surface area contributed by atoms with E-state index in [4.69, 9.17) is 31.8 Å². The Labute approximate surface area is 154 Å². The molecule has 4 nitrogen and oxygen atoms in total. The molecule has 0 aromatic heterocycles. The molecule has 0 spiro atoms. The predicted octanol–water partition coefficient (Wildman–Crippen LogP) is 3.90. The maximum atomic E-state index is 5.44. The molecule has 0 aliphatic rings. The van der Waals surface area contributed by atoms with Crippen molar-refractivity contribution in [2.45, 2.75) is 0 Å². The van der Waals surface area contributed by atoms with Crippen molar-refractivity contribution < 1.29 is 18.9 Å². The second kappa shape index (κ2) is 9.71. The van der Waals surface area contributed by atoms with E-state index in [0.29, 0.717) is 23.0 Å². The maximum absolute atomic E-state index is 5.44. The zero-order valence-corrected chi connectivity index (χ0v) is 14.8. The Morgan fingerprint density at radius 2 is 1.15 bits per heavy atom. The van der Waals surface area contributed by atoms with Crippen LogP contribution < -0.4 is 18.9 Å². The lowest BCUT2D eigenvalue weighted by Gasteiger charge is -2.10. The van der Waals surface area contributed by atoms with E-state index in [0.717, 1.165) is 11.1 Å². The Hall–Kier alpha value is -3.50. The highest BCUT2D eigenvalue weighted by Crippen LogP contribution is 2.30. The number of terminal acetylenes is 2. The van der Waals surface area contributed by atoms with Crippen LogP contribution in [0, 0.1) is 24.7 Å². The minimum absolute atomic E-state index is 0.194. The summed E-state index contributed by atoms with van der Waals surface area (Å²) in [6.07, 6.45) is 14.4. The predicted molar refractivity (Wildman–Crippen MR) is 104 cm³/mol. The van der Waals surface area contributed by atoms with Gasteiger partial charge in [-0.1, -0.05) is 36.1 Å². The van der Waals surface area contributed by atoms with E-state index < -0.39 is 0 Å². The molecule has 0 atom stereocenters. The summed E-state index contributed by atoms with van der Waals surface area (Å²) >= 11 is 0. The van der Waals surface area contributed by atoms with Gasteiger partial charge in [0.05, 0.1) is 14.2 Å². The molecule has 0 aliphatic carbocycles. The molecule has 0 amide bonds. The maximum Gasteiger partial charge on any atom is 0.162 e. The van der Waals surface area contributed by atoms with E-state index in [1.165, 1.54) is 0 Å². The Balaban J connectivity index is 2.19. The highest BCUT2D eigenvalue weighted by atomic mass is 16.5. The van der Waals surface area contributed by atoms with Gasteiger partial charge in [0.15, 0.2) is 23.0 Å². The number of rotatable bonds is 8. The van der Waals surface area contributed by atoms with Crippen LogP contribution in [0.25, 0.3) is 12.2 Å². The summed E-state index contributed by atoms with van der Waals surface area (Å²) < 4.78 is 21.6. The van der Waals surface area contributed by atoms with Crippen molar-refractivity contribution in [3.05, 3.63) is 47.5 Å². The van der Waals surface area contributed by atoms with Crippen LogP contribution in [-0.2, 0) is 0 Å². The first-order valence-electron chi connectivity index (χ1n) is 7.88. The van der Waals surface area contributed by atoms with Crippen molar-refractivity contribution in [3.8, 4) is 47.7 Å². The van der Waals surface area contributed by atoms with Gasteiger partial charge in [-0.15, -0.1) is 12.8 Å². The standard InChI is InChI=1S/C22H20O4/c1-5-13-25-19-11-9-17(15-21(19)23-3)7-8-18-10-12-20(26-14-6-2)22(16-18)24-4/h1-2,7-12,15-16H,13-14H2,3-4H3/b8-7-. The van der Waals surface area contributed by atoms with Crippen molar-refractivity contribution in [1.29, 1.82) is 0 Å². The van der Waals surface area contributed by atoms with Crippen molar-refractivity contribution in [2.24, 2.45) is 0 Å². The average Bonchev–Trinajstić information content (AvgIpc) is 2.69. The van der Waals surface area contributed by atoms with E-state index in [9.17, 15) is 0 Å². The third-order valence-electron chi connectivity index (χ3n) is 3.47. The van der Waals surface area contributed by atoms with E-state index in [1.807, 2.05) is 48.6 Å². The van der Waals surface area contributed by atoms with E-state index in [-0.39, 0.29) is 13.2 Å². The molecule has 0 saturated carbocycles. The summed E-state index contributed by atoms with van der Waals surface area (Å²) in [5.41, 5.74) is 1.92. The summed E-state index contributed by atoms with van der Waals surface area (Å²) in [5.74, 6) is 7.33. The van der Waals surface area contributed by atoms with Crippen LogP contribution in [-0.4, -0.2) is 27.4 Å². The number of hydrogen-bond donors (Lipinski definition) is 0. The van der Waals surface area contributed by atoms with Gasteiger partial charge < -0.3 is 18.9 Å². The largest absolute Gasteiger partial charge is 0.493 e. The molecule has 0 heterocycles. The van der Waals surface area contributed by atoms with E-state index >= 15 is 0 Å². The normalized spacial score (nSPS) is 10.0. The highest BCUT2D eigenvalue weighted by molar-refractivity contribution is 5.72. The molecule has 0 N–H and O–H groups in total. The molecule has 0 bridgehead atoms. The first-order valence-corrected chi connectivity index (χ1v) is 7.88. The van der Waals surface area contributed by atoms with Gasteiger partial charge in [0.25, 0.3) is 0 Å². The molecule has 0 aliphatic heterocycles. The molecular weight excluding hydrogens is 328 g/mol. The van der Waals surface area contributed by atoms with Gasteiger partial charge in [-0.25, -0.2) is 0 Å².